The third-order valence-corrected chi connectivity index (χ3v) is 3.64. The summed E-state index contributed by atoms with van der Waals surface area (Å²) in [7, 11) is 0. The van der Waals surface area contributed by atoms with Gasteiger partial charge < -0.3 is 20.1 Å². The van der Waals surface area contributed by atoms with Gasteiger partial charge in [-0.25, -0.2) is 0 Å². The summed E-state index contributed by atoms with van der Waals surface area (Å²) >= 11 is 0. The Bertz CT molecular complexity index is 532. The smallest absolute Gasteiger partial charge is 0.422 e. The van der Waals surface area contributed by atoms with Gasteiger partial charge in [-0.05, 0) is 44.0 Å². The molecule has 1 atom stereocenters. The quantitative estimate of drug-likeness (QED) is 0.757. The SMILES string of the molecule is O=C(COc1ccccc1OCC(F)(F)F)NCCC1CCNC1. The van der Waals surface area contributed by atoms with Crippen LogP contribution in [0.15, 0.2) is 24.3 Å². The van der Waals surface area contributed by atoms with Crippen molar-refractivity contribution in [3.63, 3.8) is 0 Å². The van der Waals surface area contributed by atoms with Gasteiger partial charge >= 0.3 is 6.18 Å². The Labute approximate surface area is 138 Å². The predicted molar refractivity (Wildman–Crippen MR) is 82.1 cm³/mol. The van der Waals surface area contributed by atoms with Crippen molar-refractivity contribution in [2.45, 2.75) is 19.0 Å². The van der Waals surface area contributed by atoms with Gasteiger partial charge in [-0.1, -0.05) is 12.1 Å². The number of carbonyl (C=O) groups excluding carboxylic acids is 1. The van der Waals surface area contributed by atoms with Crippen molar-refractivity contribution < 1.29 is 27.4 Å². The second kappa shape index (κ2) is 8.77. The van der Waals surface area contributed by atoms with Crippen molar-refractivity contribution in [3.05, 3.63) is 24.3 Å². The summed E-state index contributed by atoms with van der Waals surface area (Å²) in [5.41, 5.74) is 0. The van der Waals surface area contributed by atoms with Gasteiger partial charge in [0.15, 0.2) is 24.7 Å². The van der Waals surface area contributed by atoms with E-state index in [0.29, 0.717) is 12.5 Å². The summed E-state index contributed by atoms with van der Waals surface area (Å²) in [6, 6.07) is 5.96. The Morgan fingerprint density at radius 2 is 1.96 bits per heavy atom. The van der Waals surface area contributed by atoms with E-state index in [1.807, 2.05) is 0 Å². The molecule has 1 aliphatic rings. The van der Waals surface area contributed by atoms with E-state index >= 15 is 0 Å². The van der Waals surface area contributed by atoms with E-state index in [-0.39, 0.29) is 24.0 Å². The fraction of sp³-hybridized carbons (Fsp3) is 0.562. The second-order valence-corrected chi connectivity index (χ2v) is 5.64. The van der Waals surface area contributed by atoms with E-state index in [2.05, 4.69) is 10.6 Å². The number of alkyl halides is 3. The molecule has 0 aliphatic carbocycles. The van der Waals surface area contributed by atoms with Crippen LogP contribution in [0.1, 0.15) is 12.8 Å². The minimum absolute atomic E-state index is 0.0420. The lowest BCUT2D eigenvalue weighted by Crippen LogP contribution is -2.31. The van der Waals surface area contributed by atoms with E-state index in [1.165, 1.54) is 18.2 Å². The molecule has 1 amide bonds. The molecule has 24 heavy (non-hydrogen) atoms. The Morgan fingerprint density at radius 1 is 1.25 bits per heavy atom. The molecule has 5 nitrogen and oxygen atoms in total. The zero-order valence-electron chi connectivity index (χ0n) is 13.2. The maximum absolute atomic E-state index is 12.2. The first-order valence-electron chi connectivity index (χ1n) is 7.83. The molecule has 1 aliphatic heterocycles. The lowest BCUT2D eigenvalue weighted by Gasteiger charge is -2.14. The van der Waals surface area contributed by atoms with E-state index in [1.54, 1.807) is 6.07 Å². The van der Waals surface area contributed by atoms with Crippen LogP contribution in [-0.4, -0.2) is 44.9 Å². The molecule has 1 aromatic rings. The zero-order valence-corrected chi connectivity index (χ0v) is 13.2. The molecule has 0 spiro atoms. The molecular weight excluding hydrogens is 325 g/mol. The number of rotatable bonds is 8. The summed E-state index contributed by atoms with van der Waals surface area (Å²) in [4.78, 5) is 11.7. The molecule has 1 unspecified atom stereocenters. The van der Waals surface area contributed by atoms with Crippen LogP contribution in [0, 0.1) is 5.92 Å². The van der Waals surface area contributed by atoms with Crippen molar-refractivity contribution in [1.29, 1.82) is 0 Å². The van der Waals surface area contributed by atoms with Crippen LogP contribution in [-0.2, 0) is 4.79 Å². The molecule has 1 saturated heterocycles. The van der Waals surface area contributed by atoms with Gasteiger partial charge in [-0.2, -0.15) is 13.2 Å². The van der Waals surface area contributed by atoms with Crippen LogP contribution in [0.4, 0.5) is 13.2 Å². The monoisotopic (exact) mass is 346 g/mol. The Hall–Kier alpha value is -1.96. The zero-order chi connectivity index (χ0) is 17.4. The summed E-state index contributed by atoms with van der Waals surface area (Å²) in [5, 5.41) is 6.00. The lowest BCUT2D eigenvalue weighted by atomic mass is 10.1. The highest BCUT2D eigenvalue weighted by Gasteiger charge is 2.29. The summed E-state index contributed by atoms with van der Waals surface area (Å²) in [6.07, 6.45) is -2.43. The average Bonchev–Trinajstić information content (AvgIpc) is 3.04. The molecule has 1 aromatic carbocycles. The number of para-hydroxylation sites is 2. The summed E-state index contributed by atoms with van der Waals surface area (Å²) in [6.45, 7) is 0.859. The Kier molecular flexibility index (Phi) is 6.72. The van der Waals surface area contributed by atoms with Crippen LogP contribution in [0.25, 0.3) is 0 Å². The number of carbonyl (C=O) groups is 1. The van der Waals surface area contributed by atoms with Crippen molar-refractivity contribution in [1.82, 2.24) is 10.6 Å². The van der Waals surface area contributed by atoms with Crippen molar-refractivity contribution in [3.8, 4) is 11.5 Å². The number of ether oxygens (including phenoxy) is 2. The van der Waals surface area contributed by atoms with Gasteiger partial charge in [0.05, 0.1) is 0 Å². The molecule has 0 saturated carbocycles. The van der Waals surface area contributed by atoms with Gasteiger partial charge in [-0.15, -0.1) is 0 Å². The van der Waals surface area contributed by atoms with Crippen LogP contribution in [0.5, 0.6) is 11.5 Å². The topological polar surface area (TPSA) is 59.6 Å². The third kappa shape index (κ3) is 6.66. The highest BCUT2D eigenvalue weighted by molar-refractivity contribution is 5.77. The standard InChI is InChI=1S/C16H21F3N2O3/c17-16(18,19)11-24-14-4-2-1-3-13(14)23-10-15(22)21-8-6-12-5-7-20-9-12/h1-4,12,20H,5-11H2,(H,21,22). The fourth-order valence-corrected chi connectivity index (χ4v) is 2.42. The third-order valence-electron chi connectivity index (χ3n) is 3.64. The van der Waals surface area contributed by atoms with Gasteiger partial charge in [0, 0.05) is 6.54 Å². The van der Waals surface area contributed by atoms with Crippen LogP contribution < -0.4 is 20.1 Å². The molecule has 1 heterocycles. The summed E-state index contributed by atoms with van der Waals surface area (Å²) < 4.78 is 46.6. The van der Waals surface area contributed by atoms with Gasteiger partial charge in [0.25, 0.3) is 5.91 Å². The Balaban J connectivity index is 1.73. The molecule has 134 valence electrons. The van der Waals surface area contributed by atoms with Crippen LogP contribution in [0.2, 0.25) is 0 Å². The number of hydrogen-bond acceptors (Lipinski definition) is 4. The first-order valence-corrected chi connectivity index (χ1v) is 7.83. The molecule has 8 heteroatoms. The molecule has 1 fully saturated rings. The fourth-order valence-electron chi connectivity index (χ4n) is 2.42. The Morgan fingerprint density at radius 3 is 2.58 bits per heavy atom. The highest BCUT2D eigenvalue weighted by atomic mass is 19.4. The minimum atomic E-state index is -4.43. The van der Waals surface area contributed by atoms with Crippen molar-refractivity contribution >= 4 is 5.91 Å². The number of amides is 1. The molecule has 2 rings (SSSR count). The van der Waals surface area contributed by atoms with E-state index in [9.17, 15) is 18.0 Å². The van der Waals surface area contributed by atoms with E-state index in [0.717, 1.165) is 25.9 Å². The van der Waals surface area contributed by atoms with E-state index < -0.39 is 12.8 Å². The molecule has 0 radical (unpaired) electrons. The minimum Gasteiger partial charge on any atom is -0.480 e. The predicted octanol–water partition coefficient (Wildman–Crippen LogP) is 2.12. The number of benzene rings is 1. The van der Waals surface area contributed by atoms with Crippen LogP contribution >= 0.6 is 0 Å². The molecule has 2 N–H and O–H groups in total. The van der Waals surface area contributed by atoms with Gasteiger partial charge in [0.1, 0.15) is 0 Å². The molecular formula is C16H21F3N2O3. The summed E-state index contributed by atoms with van der Waals surface area (Å²) in [5.74, 6) is 0.325. The molecule has 0 aromatic heterocycles. The van der Waals surface area contributed by atoms with Crippen molar-refractivity contribution in [2.24, 2.45) is 5.92 Å². The number of hydrogen-bond donors (Lipinski definition) is 2. The number of halogens is 3. The lowest BCUT2D eigenvalue weighted by molar-refractivity contribution is -0.153. The number of nitrogens with one attached hydrogen (secondary N) is 2. The first kappa shape index (κ1) is 18.4. The maximum Gasteiger partial charge on any atom is 0.422 e. The average molecular weight is 346 g/mol. The second-order valence-electron chi connectivity index (χ2n) is 5.64. The molecule has 0 bridgehead atoms. The van der Waals surface area contributed by atoms with Crippen molar-refractivity contribution in [2.75, 3.05) is 32.8 Å². The van der Waals surface area contributed by atoms with Crippen LogP contribution in [0.3, 0.4) is 0 Å². The largest absolute Gasteiger partial charge is 0.480 e. The maximum atomic E-state index is 12.2. The highest BCUT2D eigenvalue weighted by Crippen LogP contribution is 2.28. The van der Waals surface area contributed by atoms with Gasteiger partial charge in [-0.3, -0.25) is 4.79 Å². The van der Waals surface area contributed by atoms with Gasteiger partial charge in [0.2, 0.25) is 0 Å². The first-order chi connectivity index (χ1) is 11.4. The van der Waals surface area contributed by atoms with E-state index in [4.69, 9.17) is 9.47 Å². The normalized spacial score (nSPS) is 17.5.